The lowest BCUT2D eigenvalue weighted by Gasteiger charge is -1.96. The van der Waals surface area contributed by atoms with Gasteiger partial charge in [0.15, 0.2) is 0 Å². The summed E-state index contributed by atoms with van der Waals surface area (Å²) in [6, 6.07) is 11.1. The van der Waals surface area contributed by atoms with Crippen LogP contribution in [0.4, 0.5) is 0 Å². The van der Waals surface area contributed by atoms with Crippen molar-refractivity contribution in [3.05, 3.63) is 42.4 Å². The summed E-state index contributed by atoms with van der Waals surface area (Å²) in [5.41, 5.74) is 0. The third kappa shape index (κ3) is 4.03. The van der Waals surface area contributed by atoms with Crippen LogP contribution in [0.2, 0.25) is 0 Å². The van der Waals surface area contributed by atoms with Gasteiger partial charge in [-0.05, 0) is 22.9 Å². The summed E-state index contributed by atoms with van der Waals surface area (Å²) in [6.45, 7) is 8.00. The topological polar surface area (TPSA) is 20.2 Å². The average molecular weight is 205 g/mol. The van der Waals surface area contributed by atoms with Gasteiger partial charge >= 0.3 is 0 Å². The van der Waals surface area contributed by atoms with Crippen LogP contribution in [0.3, 0.4) is 0 Å². The van der Waals surface area contributed by atoms with Gasteiger partial charge in [0.05, 0.1) is 1.37 Å². The lowest BCUT2D eigenvalue weighted by atomic mass is 10.1. The second-order valence-electron chi connectivity index (χ2n) is 2.43. The van der Waals surface area contributed by atoms with E-state index < -0.39 is 0 Å². The molecule has 82 valence electrons. The molecular formula is C14H20O. The van der Waals surface area contributed by atoms with Gasteiger partial charge in [-0.15, -0.1) is 0 Å². The SMILES string of the molecule is CC.CC.[2H]c1c(O)ccc2ccccc12. The van der Waals surface area contributed by atoms with E-state index in [4.69, 9.17) is 1.37 Å². The van der Waals surface area contributed by atoms with Crippen LogP contribution in [0.1, 0.15) is 29.1 Å². The fraction of sp³-hybridized carbons (Fsp3) is 0.286. The average Bonchev–Trinajstić information content (AvgIpc) is 2.39. The lowest BCUT2D eigenvalue weighted by Crippen LogP contribution is -1.69. The molecule has 2 rings (SSSR count). The summed E-state index contributed by atoms with van der Waals surface area (Å²) in [5, 5.41) is 11.0. The molecule has 0 bridgehead atoms. The lowest BCUT2D eigenvalue weighted by molar-refractivity contribution is 0.476. The van der Waals surface area contributed by atoms with E-state index in [1.165, 1.54) is 0 Å². The van der Waals surface area contributed by atoms with Crippen molar-refractivity contribution in [2.24, 2.45) is 0 Å². The Kier molecular flexibility index (Phi) is 6.07. The molecule has 0 aliphatic heterocycles. The highest BCUT2D eigenvalue weighted by atomic mass is 16.3. The minimum absolute atomic E-state index is 0.0358. The molecule has 1 N–H and O–H groups in total. The minimum Gasteiger partial charge on any atom is -0.508 e. The Balaban J connectivity index is 0.000000509. The zero-order valence-electron chi connectivity index (χ0n) is 10.9. The predicted molar refractivity (Wildman–Crippen MR) is 68.3 cm³/mol. The largest absolute Gasteiger partial charge is 0.508 e. The smallest absolute Gasteiger partial charge is 0.116 e. The van der Waals surface area contributed by atoms with Gasteiger partial charge in [0.25, 0.3) is 0 Å². The fourth-order valence-electron chi connectivity index (χ4n) is 1.10. The van der Waals surface area contributed by atoms with Crippen LogP contribution in [0, 0.1) is 0 Å². The molecule has 0 saturated carbocycles. The molecule has 0 aromatic heterocycles. The van der Waals surface area contributed by atoms with E-state index in [9.17, 15) is 5.11 Å². The van der Waals surface area contributed by atoms with Gasteiger partial charge < -0.3 is 5.11 Å². The molecule has 0 aliphatic rings. The van der Waals surface area contributed by atoms with Gasteiger partial charge in [-0.2, -0.15) is 0 Å². The standard InChI is InChI=1S/C10H8O.2C2H6/c11-10-6-5-8-3-1-2-4-9(8)7-10;2*1-2/h1-7,11H;2*1-2H3/i7D;;. The van der Waals surface area contributed by atoms with Crippen molar-refractivity contribution >= 4 is 10.8 Å². The molecule has 0 fully saturated rings. The molecule has 15 heavy (non-hydrogen) atoms. The van der Waals surface area contributed by atoms with Gasteiger partial charge in [-0.1, -0.05) is 58.0 Å². The first-order valence-electron chi connectivity index (χ1n) is 5.96. The number of phenolic OH excluding ortho intramolecular Hbond substituents is 1. The summed E-state index contributed by atoms with van der Waals surface area (Å²) >= 11 is 0. The van der Waals surface area contributed by atoms with Crippen molar-refractivity contribution in [1.82, 2.24) is 0 Å². The van der Waals surface area contributed by atoms with Crippen LogP contribution >= 0.6 is 0 Å². The highest BCUT2D eigenvalue weighted by Crippen LogP contribution is 2.18. The third-order valence-electron chi connectivity index (χ3n) is 1.64. The van der Waals surface area contributed by atoms with Crippen molar-refractivity contribution in [3.63, 3.8) is 0 Å². The number of benzene rings is 2. The van der Waals surface area contributed by atoms with E-state index in [0.29, 0.717) is 0 Å². The number of hydrogen-bond donors (Lipinski definition) is 1. The van der Waals surface area contributed by atoms with E-state index in [1.54, 1.807) is 6.07 Å². The minimum atomic E-state index is 0.0358. The molecule has 1 heteroatoms. The second-order valence-corrected chi connectivity index (χ2v) is 2.43. The van der Waals surface area contributed by atoms with Crippen molar-refractivity contribution < 1.29 is 6.48 Å². The molecule has 0 saturated heterocycles. The Morgan fingerprint density at radius 2 is 1.40 bits per heavy atom. The molecule has 0 radical (unpaired) electrons. The van der Waals surface area contributed by atoms with E-state index in [-0.39, 0.29) is 11.8 Å². The Hall–Kier alpha value is -1.50. The molecular weight excluding hydrogens is 184 g/mol. The summed E-state index contributed by atoms with van der Waals surface area (Å²) in [6.07, 6.45) is 0. The monoisotopic (exact) mass is 205 g/mol. The first-order chi connectivity index (χ1) is 7.79. The van der Waals surface area contributed by atoms with E-state index in [2.05, 4.69) is 0 Å². The van der Waals surface area contributed by atoms with Crippen LogP contribution in [-0.4, -0.2) is 5.11 Å². The first kappa shape index (κ1) is 11.6. The number of hydrogen-bond acceptors (Lipinski definition) is 1. The van der Waals surface area contributed by atoms with Gasteiger partial charge in [-0.25, -0.2) is 0 Å². The maximum atomic E-state index is 9.23. The number of phenols is 1. The number of rotatable bonds is 0. The van der Waals surface area contributed by atoms with E-state index >= 15 is 0 Å². The summed E-state index contributed by atoms with van der Waals surface area (Å²) in [5.74, 6) is 0.0358. The molecule has 0 spiro atoms. The molecule has 0 aliphatic carbocycles. The fourth-order valence-corrected chi connectivity index (χ4v) is 1.10. The quantitative estimate of drug-likeness (QED) is 0.666. The van der Waals surface area contributed by atoms with Crippen LogP contribution in [0.5, 0.6) is 5.75 Å². The highest BCUT2D eigenvalue weighted by Gasteiger charge is 1.91. The van der Waals surface area contributed by atoms with E-state index in [0.717, 1.165) is 10.8 Å². The van der Waals surface area contributed by atoms with Crippen LogP contribution in [0.15, 0.2) is 42.4 Å². The molecule has 0 unspecified atom stereocenters. The number of fused-ring (bicyclic) bond motifs is 1. The van der Waals surface area contributed by atoms with E-state index in [1.807, 2.05) is 58.0 Å². The highest BCUT2D eigenvalue weighted by molar-refractivity contribution is 5.83. The molecule has 0 heterocycles. The third-order valence-corrected chi connectivity index (χ3v) is 1.64. The summed E-state index contributed by atoms with van der Waals surface area (Å²) in [4.78, 5) is 0. The summed E-state index contributed by atoms with van der Waals surface area (Å²) in [7, 11) is 0. The molecule has 1 nitrogen and oxygen atoms in total. The molecule has 2 aromatic rings. The van der Waals surface area contributed by atoms with Crippen molar-refractivity contribution in [2.75, 3.05) is 0 Å². The molecule has 0 amide bonds. The van der Waals surface area contributed by atoms with Gasteiger partial charge in [0, 0.05) is 0 Å². The Morgan fingerprint density at radius 3 is 2.00 bits per heavy atom. The Bertz CT molecular complexity index is 424. The van der Waals surface area contributed by atoms with Crippen molar-refractivity contribution in [2.45, 2.75) is 27.7 Å². The molecule has 2 aromatic carbocycles. The maximum Gasteiger partial charge on any atom is 0.116 e. The Morgan fingerprint density at radius 1 is 0.867 bits per heavy atom. The number of aromatic hydroxyl groups is 1. The summed E-state index contributed by atoms with van der Waals surface area (Å²) < 4.78 is 7.54. The Labute approximate surface area is 93.8 Å². The predicted octanol–water partition coefficient (Wildman–Crippen LogP) is 4.60. The zero-order valence-corrected chi connectivity index (χ0v) is 9.91. The van der Waals surface area contributed by atoms with Crippen LogP contribution < -0.4 is 0 Å². The van der Waals surface area contributed by atoms with Gasteiger partial charge in [0.1, 0.15) is 5.75 Å². The van der Waals surface area contributed by atoms with Crippen molar-refractivity contribution in [3.8, 4) is 5.75 Å². The van der Waals surface area contributed by atoms with Gasteiger partial charge in [-0.3, -0.25) is 0 Å². The van der Waals surface area contributed by atoms with Crippen molar-refractivity contribution in [1.29, 1.82) is 0 Å². The molecule has 0 atom stereocenters. The zero-order chi connectivity index (χ0) is 12.6. The van der Waals surface area contributed by atoms with Gasteiger partial charge in [0.2, 0.25) is 0 Å². The van der Waals surface area contributed by atoms with Crippen LogP contribution in [-0.2, 0) is 0 Å². The maximum absolute atomic E-state index is 9.23. The van der Waals surface area contributed by atoms with Crippen LogP contribution in [0.25, 0.3) is 10.8 Å². The normalized spacial score (nSPS) is 9.20. The second kappa shape index (κ2) is 7.86. The first-order valence-corrected chi connectivity index (χ1v) is 5.46.